The standard InChI is InChI=1S/C14H12Cl2N2O3S/c15-11-5-3-6-12(16)10(11)8-22(20,21)18-13-7-2-1-4-9(13)14(17)19/h1-7,18H,8H2,(H2,17,19). The molecule has 1 amide bonds. The molecule has 0 atom stereocenters. The number of carbonyl (C=O) groups excluding carboxylic acids is 1. The van der Waals surface area contributed by atoms with Gasteiger partial charge in [0.1, 0.15) is 0 Å². The molecule has 0 spiro atoms. The summed E-state index contributed by atoms with van der Waals surface area (Å²) < 4.78 is 26.9. The van der Waals surface area contributed by atoms with Gasteiger partial charge in [-0.2, -0.15) is 0 Å². The van der Waals surface area contributed by atoms with Crippen LogP contribution in [0.3, 0.4) is 0 Å². The number of benzene rings is 2. The lowest BCUT2D eigenvalue weighted by molar-refractivity contribution is 0.100. The second-order valence-electron chi connectivity index (χ2n) is 4.47. The van der Waals surface area contributed by atoms with E-state index in [9.17, 15) is 13.2 Å². The molecule has 116 valence electrons. The Bertz CT molecular complexity index is 802. The smallest absolute Gasteiger partial charge is 0.250 e. The lowest BCUT2D eigenvalue weighted by atomic mass is 10.2. The van der Waals surface area contributed by atoms with Crippen molar-refractivity contribution < 1.29 is 13.2 Å². The van der Waals surface area contributed by atoms with Crippen LogP contribution in [0.4, 0.5) is 5.69 Å². The molecular weight excluding hydrogens is 347 g/mol. The molecule has 0 radical (unpaired) electrons. The van der Waals surface area contributed by atoms with Crippen molar-refractivity contribution in [3.8, 4) is 0 Å². The summed E-state index contributed by atoms with van der Waals surface area (Å²) in [6, 6.07) is 10.8. The highest BCUT2D eigenvalue weighted by atomic mass is 35.5. The number of carbonyl (C=O) groups is 1. The van der Waals surface area contributed by atoms with E-state index in [0.29, 0.717) is 0 Å². The Morgan fingerprint density at radius 2 is 1.64 bits per heavy atom. The van der Waals surface area contributed by atoms with Gasteiger partial charge in [0, 0.05) is 15.6 Å². The van der Waals surface area contributed by atoms with Crippen LogP contribution >= 0.6 is 23.2 Å². The first-order chi connectivity index (χ1) is 10.3. The van der Waals surface area contributed by atoms with Gasteiger partial charge in [-0.1, -0.05) is 41.4 Å². The zero-order valence-electron chi connectivity index (χ0n) is 11.2. The van der Waals surface area contributed by atoms with E-state index in [2.05, 4.69) is 4.72 Å². The molecule has 0 aliphatic rings. The third kappa shape index (κ3) is 3.91. The third-order valence-electron chi connectivity index (χ3n) is 2.85. The summed E-state index contributed by atoms with van der Waals surface area (Å²) >= 11 is 11.9. The molecule has 0 aromatic heterocycles. The molecule has 2 aromatic rings. The van der Waals surface area contributed by atoms with Gasteiger partial charge in [-0.05, 0) is 24.3 Å². The van der Waals surface area contributed by atoms with E-state index in [1.54, 1.807) is 30.3 Å². The number of anilines is 1. The minimum atomic E-state index is -3.82. The summed E-state index contributed by atoms with van der Waals surface area (Å²) in [7, 11) is -3.82. The lowest BCUT2D eigenvalue weighted by Gasteiger charge is -2.12. The number of hydrogen-bond donors (Lipinski definition) is 2. The maximum Gasteiger partial charge on any atom is 0.250 e. The molecule has 0 heterocycles. The van der Waals surface area contributed by atoms with Crippen molar-refractivity contribution in [1.82, 2.24) is 0 Å². The average molecular weight is 359 g/mol. The summed E-state index contributed by atoms with van der Waals surface area (Å²) in [6.45, 7) is 0. The first kappa shape index (κ1) is 16.6. The molecule has 3 N–H and O–H groups in total. The Labute approximate surface area is 138 Å². The number of amides is 1. The van der Waals surface area contributed by atoms with Crippen LogP contribution in [0.15, 0.2) is 42.5 Å². The first-order valence-electron chi connectivity index (χ1n) is 6.12. The average Bonchev–Trinajstić information content (AvgIpc) is 2.43. The summed E-state index contributed by atoms with van der Waals surface area (Å²) in [6.07, 6.45) is 0. The number of sulfonamides is 1. The number of rotatable bonds is 5. The van der Waals surface area contributed by atoms with E-state index >= 15 is 0 Å². The van der Waals surface area contributed by atoms with E-state index < -0.39 is 21.7 Å². The fraction of sp³-hybridized carbons (Fsp3) is 0.0714. The van der Waals surface area contributed by atoms with Crippen molar-refractivity contribution >= 4 is 44.8 Å². The monoisotopic (exact) mass is 358 g/mol. The molecule has 5 nitrogen and oxygen atoms in total. The molecule has 0 aliphatic heterocycles. The largest absolute Gasteiger partial charge is 0.366 e. The first-order valence-corrected chi connectivity index (χ1v) is 8.53. The van der Waals surface area contributed by atoms with Gasteiger partial charge in [-0.3, -0.25) is 9.52 Å². The van der Waals surface area contributed by atoms with Crippen molar-refractivity contribution in [2.45, 2.75) is 5.75 Å². The fourth-order valence-corrected chi connectivity index (χ4v) is 3.82. The summed E-state index contributed by atoms with van der Waals surface area (Å²) in [5, 5.41) is 0.502. The molecule has 0 unspecified atom stereocenters. The highest BCUT2D eigenvalue weighted by Gasteiger charge is 2.19. The summed E-state index contributed by atoms with van der Waals surface area (Å²) in [4.78, 5) is 11.3. The topological polar surface area (TPSA) is 89.3 Å². The minimum Gasteiger partial charge on any atom is -0.366 e. The van der Waals surface area contributed by atoms with Crippen LogP contribution in [0, 0.1) is 0 Å². The zero-order valence-corrected chi connectivity index (χ0v) is 13.5. The van der Waals surface area contributed by atoms with Crippen molar-refractivity contribution in [2.75, 3.05) is 4.72 Å². The summed E-state index contributed by atoms with van der Waals surface area (Å²) in [5.74, 6) is -1.15. The molecule has 8 heteroatoms. The SMILES string of the molecule is NC(=O)c1ccccc1NS(=O)(=O)Cc1c(Cl)cccc1Cl. The Kier molecular flexibility index (Phi) is 4.95. The van der Waals surface area contributed by atoms with Crippen LogP contribution in [0.1, 0.15) is 15.9 Å². The molecule has 22 heavy (non-hydrogen) atoms. The fourth-order valence-electron chi connectivity index (χ4n) is 1.85. The highest BCUT2D eigenvalue weighted by Crippen LogP contribution is 2.27. The van der Waals surface area contributed by atoms with Gasteiger partial charge >= 0.3 is 0 Å². The van der Waals surface area contributed by atoms with E-state index in [1.165, 1.54) is 12.1 Å². The lowest BCUT2D eigenvalue weighted by Crippen LogP contribution is -2.20. The number of halogens is 2. The van der Waals surface area contributed by atoms with E-state index in [4.69, 9.17) is 28.9 Å². The predicted molar refractivity (Wildman–Crippen MR) is 87.7 cm³/mol. The molecule has 0 bridgehead atoms. The van der Waals surface area contributed by atoms with Gasteiger partial charge < -0.3 is 5.73 Å². The van der Waals surface area contributed by atoms with Crippen molar-refractivity contribution in [2.24, 2.45) is 5.73 Å². The number of primary amides is 1. The van der Waals surface area contributed by atoms with E-state index in [0.717, 1.165) is 0 Å². The molecular formula is C14H12Cl2N2O3S. The Morgan fingerprint density at radius 1 is 1.05 bits per heavy atom. The molecule has 0 aliphatic carbocycles. The van der Waals surface area contributed by atoms with Gasteiger partial charge in [0.05, 0.1) is 17.0 Å². The van der Waals surface area contributed by atoms with E-state index in [-0.39, 0.29) is 26.9 Å². The van der Waals surface area contributed by atoms with Crippen LogP contribution in [-0.2, 0) is 15.8 Å². The van der Waals surface area contributed by atoms with Crippen molar-refractivity contribution in [1.29, 1.82) is 0 Å². The van der Waals surface area contributed by atoms with Gasteiger partial charge in [0.2, 0.25) is 10.0 Å². The van der Waals surface area contributed by atoms with Gasteiger partial charge in [0.25, 0.3) is 5.91 Å². The second kappa shape index (κ2) is 6.56. The number of nitrogens with two attached hydrogens (primary N) is 1. The third-order valence-corrected chi connectivity index (χ3v) is 4.76. The number of para-hydroxylation sites is 1. The Hall–Kier alpha value is -1.76. The quantitative estimate of drug-likeness (QED) is 0.860. The molecule has 0 saturated carbocycles. The van der Waals surface area contributed by atoms with Crippen LogP contribution in [0.25, 0.3) is 0 Å². The zero-order chi connectivity index (χ0) is 16.3. The van der Waals surface area contributed by atoms with E-state index in [1.807, 2.05) is 0 Å². The van der Waals surface area contributed by atoms with Crippen LogP contribution < -0.4 is 10.5 Å². The Balaban J connectivity index is 2.32. The molecule has 0 fully saturated rings. The number of nitrogens with one attached hydrogen (secondary N) is 1. The van der Waals surface area contributed by atoms with Gasteiger partial charge in [-0.25, -0.2) is 8.42 Å². The Morgan fingerprint density at radius 3 is 2.23 bits per heavy atom. The predicted octanol–water partition coefficient (Wildman–Crippen LogP) is 3.03. The molecule has 2 aromatic carbocycles. The van der Waals surface area contributed by atoms with Crippen molar-refractivity contribution in [3.05, 3.63) is 63.6 Å². The maximum atomic E-state index is 12.3. The summed E-state index contributed by atoms with van der Waals surface area (Å²) in [5.41, 5.74) is 5.69. The second-order valence-corrected chi connectivity index (χ2v) is 7.01. The highest BCUT2D eigenvalue weighted by molar-refractivity contribution is 7.91. The van der Waals surface area contributed by atoms with Crippen molar-refractivity contribution in [3.63, 3.8) is 0 Å². The maximum absolute atomic E-state index is 12.3. The molecule has 0 saturated heterocycles. The van der Waals surface area contributed by atoms with Gasteiger partial charge in [0.15, 0.2) is 0 Å². The van der Waals surface area contributed by atoms with Crippen LogP contribution in [-0.4, -0.2) is 14.3 Å². The normalized spacial score (nSPS) is 11.2. The van der Waals surface area contributed by atoms with Crippen LogP contribution in [0.2, 0.25) is 10.0 Å². The van der Waals surface area contributed by atoms with Gasteiger partial charge in [-0.15, -0.1) is 0 Å². The van der Waals surface area contributed by atoms with Crippen LogP contribution in [0.5, 0.6) is 0 Å². The minimum absolute atomic E-state index is 0.0799. The molecule has 2 rings (SSSR count). The number of hydrogen-bond acceptors (Lipinski definition) is 3.